The highest BCUT2D eigenvalue weighted by Gasteiger charge is 2.18. The zero-order valence-corrected chi connectivity index (χ0v) is 12.5. The van der Waals surface area contributed by atoms with Crippen molar-refractivity contribution in [2.45, 2.75) is 39.8 Å². The molecule has 2 rings (SSSR count). The summed E-state index contributed by atoms with van der Waals surface area (Å²) in [5, 5.41) is 6.96. The second kappa shape index (κ2) is 6.39. The zero-order chi connectivity index (χ0) is 15.4. The van der Waals surface area contributed by atoms with Crippen LogP contribution in [0.4, 0.5) is 0 Å². The molecule has 6 heteroatoms. The van der Waals surface area contributed by atoms with Gasteiger partial charge >= 0.3 is 0 Å². The van der Waals surface area contributed by atoms with Crippen LogP contribution in [-0.2, 0) is 11.3 Å². The number of aryl methyl sites for hydroxylation is 1. The molecule has 1 amide bonds. The monoisotopic (exact) mass is 288 g/mol. The number of nitrogens with zero attached hydrogens (tertiary/aromatic N) is 2. The lowest BCUT2D eigenvalue weighted by atomic mass is 10.1. The van der Waals surface area contributed by atoms with Gasteiger partial charge in [0.15, 0.2) is 5.43 Å². The van der Waals surface area contributed by atoms with Gasteiger partial charge in [0.25, 0.3) is 0 Å². The molecular weight excluding hydrogens is 268 g/mol. The number of carbonyl (C=O) groups excluding carboxylic acids is 1. The van der Waals surface area contributed by atoms with Crippen molar-refractivity contribution in [3.63, 3.8) is 0 Å². The van der Waals surface area contributed by atoms with Crippen molar-refractivity contribution in [1.82, 2.24) is 20.1 Å². The maximum Gasteiger partial charge on any atom is 0.245 e. The van der Waals surface area contributed by atoms with E-state index in [1.807, 2.05) is 6.92 Å². The summed E-state index contributed by atoms with van der Waals surface area (Å²) in [6.07, 6.45) is 5.74. The lowest BCUT2D eigenvalue weighted by Crippen LogP contribution is -2.33. The maximum absolute atomic E-state index is 12.2. The Balaban J connectivity index is 2.07. The summed E-state index contributed by atoms with van der Waals surface area (Å²) >= 11 is 0. The fraction of sp³-hybridized carbons (Fsp3) is 0.400. The Morgan fingerprint density at radius 1 is 1.48 bits per heavy atom. The van der Waals surface area contributed by atoms with E-state index in [4.69, 9.17) is 0 Å². The van der Waals surface area contributed by atoms with E-state index in [-0.39, 0.29) is 17.4 Å². The molecule has 0 aliphatic rings. The lowest BCUT2D eigenvalue weighted by Gasteiger charge is -2.16. The third-order valence-electron chi connectivity index (χ3n) is 3.59. The molecule has 0 spiro atoms. The molecule has 2 heterocycles. The van der Waals surface area contributed by atoms with E-state index in [0.717, 1.165) is 5.69 Å². The molecule has 0 saturated carbocycles. The first kappa shape index (κ1) is 15.0. The van der Waals surface area contributed by atoms with Gasteiger partial charge in [-0.1, -0.05) is 6.92 Å². The van der Waals surface area contributed by atoms with Gasteiger partial charge in [-0.2, -0.15) is 5.10 Å². The van der Waals surface area contributed by atoms with Gasteiger partial charge in [-0.3, -0.25) is 14.3 Å². The first-order valence-corrected chi connectivity index (χ1v) is 6.99. The number of amides is 1. The van der Waals surface area contributed by atoms with E-state index in [0.29, 0.717) is 24.1 Å². The molecule has 0 radical (unpaired) electrons. The normalized spacial score (nSPS) is 12.1. The van der Waals surface area contributed by atoms with Crippen molar-refractivity contribution in [1.29, 1.82) is 0 Å². The molecule has 0 aromatic carbocycles. The molecule has 0 bridgehead atoms. The highest BCUT2D eigenvalue weighted by atomic mass is 16.2. The number of hydrogen-bond acceptors (Lipinski definition) is 3. The van der Waals surface area contributed by atoms with Crippen molar-refractivity contribution in [3.8, 4) is 0 Å². The molecule has 6 nitrogen and oxygen atoms in total. The Labute approximate surface area is 123 Å². The van der Waals surface area contributed by atoms with Crippen LogP contribution < -0.4 is 10.7 Å². The standard InChI is InChI=1S/C15H20N4O2/c1-4-13(19-7-5-6-18-19)15(21)17-9-12-11(3)14(20)10(2)8-16-12/h5-8,13H,4,9H2,1-3H3,(H,16,20)(H,17,21). The van der Waals surface area contributed by atoms with Crippen LogP contribution in [-0.4, -0.2) is 20.7 Å². The fourth-order valence-electron chi connectivity index (χ4n) is 2.24. The van der Waals surface area contributed by atoms with Crippen LogP contribution in [0, 0.1) is 13.8 Å². The first-order chi connectivity index (χ1) is 10.0. The Morgan fingerprint density at radius 2 is 2.24 bits per heavy atom. The predicted octanol–water partition coefficient (Wildman–Crippen LogP) is 1.46. The van der Waals surface area contributed by atoms with Gasteiger partial charge in [-0.05, 0) is 26.3 Å². The molecule has 0 fully saturated rings. The summed E-state index contributed by atoms with van der Waals surface area (Å²) in [5.74, 6) is -0.109. The first-order valence-electron chi connectivity index (χ1n) is 6.99. The van der Waals surface area contributed by atoms with Crippen LogP contribution in [0.3, 0.4) is 0 Å². The molecule has 0 saturated heterocycles. The van der Waals surface area contributed by atoms with Crippen LogP contribution >= 0.6 is 0 Å². The summed E-state index contributed by atoms with van der Waals surface area (Å²) in [5.41, 5.74) is 2.05. The molecule has 2 aromatic heterocycles. The minimum Gasteiger partial charge on any atom is -0.363 e. The van der Waals surface area contributed by atoms with Gasteiger partial charge < -0.3 is 10.3 Å². The quantitative estimate of drug-likeness (QED) is 0.874. The number of nitrogens with one attached hydrogen (secondary N) is 2. The Hall–Kier alpha value is -2.37. The number of aromatic amines is 1. The van der Waals surface area contributed by atoms with Gasteiger partial charge in [0.05, 0.1) is 6.54 Å². The number of hydrogen-bond donors (Lipinski definition) is 2. The fourth-order valence-corrected chi connectivity index (χ4v) is 2.24. The van der Waals surface area contributed by atoms with E-state index < -0.39 is 0 Å². The van der Waals surface area contributed by atoms with Gasteiger partial charge in [0, 0.05) is 35.4 Å². The van der Waals surface area contributed by atoms with Crippen LogP contribution in [0.2, 0.25) is 0 Å². The second-order valence-corrected chi connectivity index (χ2v) is 5.03. The zero-order valence-electron chi connectivity index (χ0n) is 12.5. The van der Waals surface area contributed by atoms with Crippen LogP contribution in [0.5, 0.6) is 0 Å². The smallest absolute Gasteiger partial charge is 0.245 e. The van der Waals surface area contributed by atoms with Crippen molar-refractivity contribution in [2.24, 2.45) is 0 Å². The minimum atomic E-state index is -0.336. The molecular formula is C15H20N4O2. The summed E-state index contributed by atoms with van der Waals surface area (Å²) in [4.78, 5) is 27.2. The number of pyridine rings is 1. The highest BCUT2D eigenvalue weighted by molar-refractivity contribution is 5.80. The Morgan fingerprint density at radius 3 is 2.86 bits per heavy atom. The SMILES string of the molecule is CCC(C(=O)NCc1[nH]cc(C)c(=O)c1C)n1cccn1. The molecule has 2 N–H and O–H groups in total. The average Bonchev–Trinajstić information content (AvgIpc) is 2.99. The van der Waals surface area contributed by atoms with Crippen molar-refractivity contribution < 1.29 is 4.79 Å². The van der Waals surface area contributed by atoms with Crippen LogP contribution in [0.25, 0.3) is 0 Å². The topological polar surface area (TPSA) is 79.8 Å². The molecule has 0 aliphatic carbocycles. The third-order valence-corrected chi connectivity index (χ3v) is 3.59. The van der Waals surface area contributed by atoms with Gasteiger partial charge in [0.1, 0.15) is 6.04 Å². The Bertz CT molecular complexity index is 673. The average molecular weight is 288 g/mol. The van der Waals surface area contributed by atoms with Crippen LogP contribution in [0.15, 0.2) is 29.5 Å². The van der Waals surface area contributed by atoms with E-state index in [1.54, 1.807) is 43.2 Å². The highest BCUT2D eigenvalue weighted by Crippen LogP contribution is 2.10. The van der Waals surface area contributed by atoms with Gasteiger partial charge in [0.2, 0.25) is 5.91 Å². The summed E-state index contributed by atoms with van der Waals surface area (Å²) < 4.78 is 1.64. The minimum absolute atomic E-state index is 0.0112. The van der Waals surface area contributed by atoms with E-state index >= 15 is 0 Å². The molecule has 0 aliphatic heterocycles. The molecule has 21 heavy (non-hydrogen) atoms. The number of aromatic nitrogens is 3. The number of rotatable bonds is 5. The molecule has 112 valence electrons. The predicted molar refractivity (Wildman–Crippen MR) is 79.9 cm³/mol. The van der Waals surface area contributed by atoms with Gasteiger partial charge in [-0.25, -0.2) is 0 Å². The Kier molecular flexibility index (Phi) is 4.57. The van der Waals surface area contributed by atoms with Gasteiger partial charge in [-0.15, -0.1) is 0 Å². The van der Waals surface area contributed by atoms with Crippen molar-refractivity contribution >= 4 is 5.91 Å². The summed E-state index contributed by atoms with van der Waals surface area (Å²) in [6.45, 7) is 5.76. The van der Waals surface area contributed by atoms with E-state index in [9.17, 15) is 9.59 Å². The molecule has 2 aromatic rings. The number of carbonyl (C=O) groups is 1. The van der Waals surface area contributed by atoms with E-state index in [1.165, 1.54) is 0 Å². The summed E-state index contributed by atoms with van der Waals surface area (Å²) in [6, 6.07) is 1.45. The molecule has 1 unspecified atom stereocenters. The second-order valence-electron chi connectivity index (χ2n) is 5.03. The lowest BCUT2D eigenvalue weighted by molar-refractivity contribution is -0.124. The third kappa shape index (κ3) is 3.21. The number of H-pyrrole nitrogens is 1. The van der Waals surface area contributed by atoms with E-state index in [2.05, 4.69) is 15.4 Å². The van der Waals surface area contributed by atoms with Crippen molar-refractivity contribution in [3.05, 3.63) is 51.7 Å². The summed E-state index contributed by atoms with van der Waals surface area (Å²) in [7, 11) is 0. The van der Waals surface area contributed by atoms with Crippen molar-refractivity contribution in [2.75, 3.05) is 0 Å². The van der Waals surface area contributed by atoms with Crippen LogP contribution in [0.1, 0.15) is 36.2 Å². The largest absolute Gasteiger partial charge is 0.363 e. The maximum atomic E-state index is 12.2. The molecule has 1 atom stereocenters.